The molecule has 0 bridgehead atoms. The highest BCUT2D eigenvalue weighted by Gasteiger charge is 2.37. The Morgan fingerprint density at radius 1 is 1.38 bits per heavy atom. The Hall–Kier alpha value is -0.610. The zero-order valence-corrected chi connectivity index (χ0v) is 9.96. The highest BCUT2D eigenvalue weighted by Crippen LogP contribution is 2.22. The molecule has 1 aliphatic heterocycles. The third kappa shape index (κ3) is 2.55. The first kappa shape index (κ1) is 11.9. The van der Waals surface area contributed by atoms with E-state index < -0.39 is 0 Å². The quantitative estimate of drug-likeness (QED) is 0.644. The van der Waals surface area contributed by atoms with E-state index in [1.54, 1.807) is 0 Å². The maximum atomic E-state index is 12.1. The van der Waals surface area contributed by atoms with Crippen LogP contribution in [0.15, 0.2) is 0 Å². The van der Waals surface area contributed by atoms with Crippen LogP contribution in [0, 0.1) is 0 Å². The third-order valence-corrected chi connectivity index (χ3v) is 3.90. The summed E-state index contributed by atoms with van der Waals surface area (Å²) in [6, 6.07) is 0.259. The molecule has 0 aromatic heterocycles. The minimum Gasteiger partial charge on any atom is -0.393 e. The normalized spacial score (nSPS) is 39.6. The molecule has 2 aliphatic rings. The second-order valence-corrected chi connectivity index (χ2v) is 5.34. The predicted octanol–water partition coefficient (Wildman–Crippen LogP) is 0.548. The molecule has 3 N–H and O–H groups in total. The number of hydrogen-bond acceptors (Lipinski definition) is 3. The lowest BCUT2D eigenvalue weighted by Gasteiger charge is -2.30. The van der Waals surface area contributed by atoms with Gasteiger partial charge in [0.25, 0.3) is 0 Å². The summed E-state index contributed by atoms with van der Waals surface area (Å²) in [5.41, 5.74) is -0.365. The maximum Gasteiger partial charge on any atom is 0.240 e. The molecule has 2 rings (SSSR count). The Kier molecular flexibility index (Phi) is 3.50. The van der Waals surface area contributed by atoms with Crippen molar-refractivity contribution in [3.63, 3.8) is 0 Å². The summed E-state index contributed by atoms with van der Waals surface area (Å²) in [4.78, 5) is 12.1. The van der Waals surface area contributed by atoms with Crippen molar-refractivity contribution in [3.8, 4) is 0 Å². The van der Waals surface area contributed by atoms with Gasteiger partial charge in [-0.05, 0) is 52.0 Å². The number of amides is 1. The van der Waals surface area contributed by atoms with Gasteiger partial charge in [-0.2, -0.15) is 0 Å². The van der Waals surface area contributed by atoms with Gasteiger partial charge in [0.15, 0.2) is 0 Å². The van der Waals surface area contributed by atoms with Crippen molar-refractivity contribution in [1.29, 1.82) is 0 Å². The first-order chi connectivity index (χ1) is 7.60. The summed E-state index contributed by atoms with van der Waals surface area (Å²) in [6.45, 7) is 2.92. The lowest BCUT2D eigenvalue weighted by Crippen LogP contribution is -2.54. The standard InChI is InChI=1S/C12H22N2O2/c1-12(7-2-8-13-12)11(16)14-9-3-5-10(15)6-4-9/h9-10,13,15H,2-8H2,1H3,(H,14,16)/t9-,10-,12-/m1/s1. The smallest absolute Gasteiger partial charge is 0.240 e. The zero-order chi connectivity index (χ0) is 11.6. The highest BCUT2D eigenvalue weighted by atomic mass is 16.3. The van der Waals surface area contributed by atoms with Gasteiger partial charge in [-0.3, -0.25) is 4.79 Å². The summed E-state index contributed by atoms with van der Waals surface area (Å²) >= 11 is 0. The topological polar surface area (TPSA) is 61.4 Å². The molecule has 0 radical (unpaired) electrons. The molecule has 1 amide bonds. The number of aliphatic hydroxyl groups excluding tert-OH is 1. The number of nitrogens with one attached hydrogen (secondary N) is 2. The van der Waals surface area contributed by atoms with E-state index in [0.29, 0.717) is 0 Å². The van der Waals surface area contributed by atoms with Crippen LogP contribution in [0.25, 0.3) is 0 Å². The van der Waals surface area contributed by atoms with Crippen LogP contribution in [-0.2, 0) is 4.79 Å². The van der Waals surface area contributed by atoms with Gasteiger partial charge in [0.2, 0.25) is 5.91 Å². The molecule has 92 valence electrons. The van der Waals surface area contributed by atoms with Gasteiger partial charge >= 0.3 is 0 Å². The van der Waals surface area contributed by atoms with E-state index in [1.165, 1.54) is 0 Å². The van der Waals surface area contributed by atoms with Crippen molar-refractivity contribution in [3.05, 3.63) is 0 Å². The van der Waals surface area contributed by atoms with Gasteiger partial charge in [-0.15, -0.1) is 0 Å². The van der Waals surface area contributed by atoms with Crippen molar-refractivity contribution in [2.24, 2.45) is 0 Å². The molecule has 1 saturated heterocycles. The van der Waals surface area contributed by atoms with Gasteiger partial charge in [-0.1, -0.05) is 0 Å². The lowest BCUT2D eigenvalue weighted by molar-refractivity contribution is -0.127. The van der Waals surface area contributed by atoms with Crippen LogP contribution in [0.2, 0.25) is 0 Å². The molecular formula is C12H22N2O2. The third-order valence-electron chi connectivity index (χ3n) is 3.90. The van der Waals surface area contributed by atoms with E-state index in [-0.39, 0.29) is 23.6 Å². The molecule has 16 heavy (non-hydrogen) atoms. The molecule has 1 heterocycles. The molecular weight excluding hydrogens is 204 g/mol. The molecule has 0 aromatic rings. The fourth-order valence-electron chi connectivity index (χ4n) is 2.65. The van der Waals surface area contributed by atoms with E-state index in [1.807, 2.05) is 6.92 Å². The van der Waals surface area contributed by atoms with Crippen LogP contribution in [-0.4, -0.2) is 35.2 Å². The average Bonchev–Trinajstić information content (AvgIpc) is 2.70. The molecule has 1 saturated carbocycles. The molecule has 4 heteroatoms. The second-order valence-electron chi connectivity index (χ2n) is 5.34. The van der Waals surface area contributed by atoms with E-state index >= 15 is 0 Å². The number of carbonyl (C=O) groups is 1. The van der Waals surface area contributed by atoms with Gasteiger partial charge in [0.1, 0.15) is 0 Å². The van der Waals surface area contributed by atoms with Gasteiger partial charge < -0.3 is 15.7 Å². The summed E-state index contributed by atoms with van der Waals surface area (Å²) in [5, 5.41) is 15.8. The van der Waals surface area contributed by atoms with Crippen LogP contribution in [0.3, 0.4) is 0 Å². The number of carbonyl (C=O) groups excluding carboxylic acids is 1. The number of rotatable bonds is 2. The first-order valence-electron chi connectivity index (χ1n) is 6.34. The zero-order valence-electron chi connectivity index (χ0n) is 9.96. The van der Waals surface area contributed by atoms with Crippen LogP contribution in [0.5, 0.6) is 0 Å². The first-order valence-corrected chi connectivity index (χ1v) is 6.34. The van der Waals surface area contributed by atoms with Crippen LogP contribution >= 0.6 is 0 Å². The Labute approximate surface area is 96.8 Å². The van der Waals surface area contributed by atoms with Crippen LogP contribution in [0.4, 0.5) is 0 Å². The van der Waals surface area contributed by atoms with Crippen molar-refractivity contribution < 1.29 is 9.90 Å². The Balaban J connectivity index is 1.83. The maximum absolute atomic E-state index is 12.1. The Morgan fingerprint density at radius 2 is 2.06 bits per heavy atom. The lowest BCUT2D eigenvalue weighted by atomic mass is 9.91. The van der Waals surface area contributed by atoms with Gasteiger partial charge in [0, 0.05) is 6.04 Å². The Bertz CT molecular complexity index is 254. The number of aliphatic hydroxyl groups is 1. The molecule has 0 aromatic carbocycles. The molecule has 1 atom stereocenters. The fraction of sp³-hybridized carbons (Fsp3) is 0.917. The summed E-state index contributed by atoms with van der Waals surface area (Å²) in [5.74, 6) is 0.131. The SMILES string of the molecule is C[C@]1(C(=O)N[C@H]2CC[C@H](O)CC2)CCCN1. The van der Waals surface area contributed by atoms with Crippen LogP contribution in [0.1, 0.15) is 45.4 Å². The molecule has 4 nitrogen and oxygen atoms in total. The van der Waals surface area contributed by atoms with E-state index in [9.17, 15) is 9.90 Å². The predicted molar refractivity (Wildman–Crippen MR) is 62.0 cm³/mol. The summed E-state index contributed by atoms with van der Waals surface area (Å²) in [7, 11) is 0. The minimum absolute atomic E-state index is 0.131. The molecule has 2 fully saturated rings. The monoisotopic (exact) mass is 226 g/mol. The van der Waals surface area contributed by atoms with E-state index in [0.717, 1.165) is 45.1 Å². The van der Waals surface area contributed by atoms with Crippen LogP contribution < -0.4 is 10.6 Å². The molecule has 0 spiro atoms. The van der Waals surface area contributed by atoms with E-state index in [4.69, 9.17) is 0 Å². The van der Waals surface area contributed by atoms with E-state index in [2.05, 4.69) is 10.6 Å². The van der Waals surface area contributed by atoms with Gasteiger partial charge in [0.05, 0.1) is 11.6 Å². The van der Waals surface area contributed by atoms with Crippen molar-refractivity contribution >= 4 is 5.91 Å². The largest absolute Gasteiger partial charge is 0.393 e. The second kappa shape index (κ2) is 4.72. The minimum atomic E-state index is -0.365. The fourth-order valence-corrected chi connectivity index (χ4v) is 2.65. The summed E-state index contributed by atoms with van der Waals surface area (Å²) in [6.07, 6.45) is 5.28. The number of hydrogen-bond donors (Lipinski definition) is 3. The van der Waals surface area contributed by atoms with Gasteiger partial charge in [-0.25, -0.2) is 0 Å². The highest BCUT2D eigenvalue weighted by molar-refractivity contribution is 5.86. The average molecular weight is 226 g/mol. The summed E-state index contributed by atoms with van der Waals surface area (Å²) < 4.78 is 0. The molecule has 0 unspecified atom stereocenters. The Morgan fingerprint density at radius 3 is 2.62 bits per heavy atom. The molecule has 1 aliphatic carbocycles. The van der Waals surface area contributed by atoms with Crippen molar-refractivity contribution in [1.82, 2.24) is 10.6 Å². The van der Waals surface area contributed by atoms with Crippen molar-refractivity contribution in [2.75, 3.05) is 6.54 Å². The van der Waals surface area contributed by atoms with Crippen molar-refractivity contribution in [2.45, 2.75) is 63.1 Å².